The highest BCUT2D eigenvalue weighted by atomic mass is 16.4. The summed E-state index contributed by atoms with van der Waals surface area (Å²) >= 11 is 0. The van der Waals surface area contributed by atoms with Crippen molar-refractivity contribution in [2.24, 2.45) is 0 Å². The van der Waals surface area contributed by atoms with E-state index in [1.54, 1.807) is 0 Å². The van der Waals surface area contributed by atoms with Gasteiger partial charge in [0.05, 0.1) is 0 Å². The predicted octanol–water partition coefficient (Wildman–Crippen LogP) is 3.87. The van der Waals surface area contributed by atoms with Crippen LogP contribution in [0.15, 0.2) is 48.5 Å². The van der Waals surface area contributed by atoms with Crippen molar-refractivity contribution >= 4 is 5.97 Å². The summed E-state index contributed by atoms with van der Waals surface area (Å²) in [6.45, 7) is 4.96. The first-order valence-electron chi connectivity index (χ1n) is 8.09. The number of aliphatic carboxylic acids is 1. The predicted molar refractivity (Wildman–Crippen MR) is 93.6 cm³/mol. The molecule has 0 saturated carbocycles. The summed E-state index contributed by atoms with van der Waals surface area (Å²) in [5, 5.41) is 12.5. The Kier molecular flexibility index (Phi) is 6.36. The molecule has 0 aliphatic carbocycles. The molecule has 0 aliphatic heterocycles. The lowest BCUT2D eigenvalue weighted by Crippen LogP contribution is -2.31. The molecule has 0 saturated heterocycles. The molecule has 0 aromatic heterocycles. The molecule has 2 aromatic rings. The maximum atomic E-state index is 10.9. The number of carboxylic acid groups (broad SMARTS) is 1. The van der Waals surface area contributed by atoms with Crippen molar-refractivity contribution in [1.29, 1.82) is 0 Å². The van der Waals surface area contributed by atoms with Crippen molar-refractivity contribution < 1.29 is 9.90 Å². The Labute approximate surface area is 138 Å². The van der Waals surface area contributed by atoms with Crippen LogP contribution >= 0.6 is 0 Å². The van der Waals surface area contributed by atoms with Crippen LogP contribution in [-0.4, -0.2) is 17.1 Å². The first kappa shape index (κ1) is 17.2. The van der Waals surface area contributed by atoms with Crippen LogP contribution < -0.4 is 5.32 Å². The molecule has 1 unspecified atom stereocenters. The molecule has 0 amide bonds. The van der Waals surface area contributed by atoms with Gasteiger partial charge in [0.1, 0.15) is 0 Å². The third-order valence-corrected chi connectivity index (χ3v) is 3.91. The van der Waals surface area contributed by atoms with Gasteiger partial charge < -0.3 is 10.4 Å². The van der Waals surface area contributed by atoms with E-state index in [2.05, 4.69) is 49.5 Å². The van der Waals surface area contributed by atoms with Gasteiger partial charge in [0, 0.05) is 19.0 Å². The van der Waals surface area contributed by atoms with E-state index in [-0.39, 0.29) is 12.5 Å². The summed E-state index contributed by atoms with van der Waals surface area (Å²) in [6.07, 6.45) is 1.67. The minimum atomic E-state index is -0.740. The summed E-state index contributed by atoms with van der Waals surface area (Å²) in [5.74, 6) is -0.740. The smallest absolute Gasteiger partial charge is 0.303 e. The average molecular weight is 311 g/mol. The van der Waals surface area contributed by atoms with Gasteiger partial charge in [0.2, 0.25) is 0 Å². The zero-order valence-corrected chi connectivity index (χ0v) is 13.9. The Bertz CT molecular complexity index is 617. The lowest BCUT2D eigenvalue weighted by molar-refractivity contribution is -0.137. The monoisotopic (exact) mass is 311 g/mol. The van der Waals surface area contributed by atoms with E-state index in [0.29, 0.717) is 6.42 Å². The molecule has 0 bridgehead atoms. The van der Waals surface area contributed by atoms with Gasteiger partial charge in [-0.15, -0.1) is 0 Å². The summed E-state index contributed by atoms with van der Waals surface area (Å²) in [7, 11) is 0. The fourth-order valence-corrected chi connectivity index (χ4v) is 2.91. The number of hydrogen-bond acceptors (Lipinski definition) is 2. The van der Waals surface area contributed by atoms with Crippen molar-refractivity contribution in [3.8, 4) is 0 Å². The zero-order chi connectivity index (χ0) is 16.7. The van der Waals surface area contributed by atoms with Crippen LogP contribution in [0.25, 0.3) is 0 Å². The SMILES string of the molecule is Cc1cc(C)cc(CNC(CCC(=O)O)Cc2ccccc2)c1. The van der Waals surface area contributed by atoms with Crippen LogP contribution in [-0.2, 0) is 17.8 Å². The lowest BCUT2D eigenvalue weighted by Gasteiger charge is -2.19. The van der Waals surface area contributed by atoms with Crippen LogP contribution in [0.2, 0.25) is 0 Å². The van der Waals surface area contributed by atoms with Crippen LogP contribution in [0.1, 0.15) is 35.1 Å². The van der Waals surface area contributed by atoms with Crippen LogP contribution in [0.3, 0.4) is 0 Å². The molecule has 0 radical (unpaired) electrons. The molecule has 0 aliphatic rings. The third kappa shape index (κ3) is 6.25. The Morgan fingerprint density at radius 1 is 1.04 bits per heavy atom. The molecule has 1 atom stereocenters. The van der Waals surface area contributed by atoms with Crippen molar-refractivity contribution in [1.82, 2.24) is 5.32 Å². The second-order valence-corrected chi connectivity index (χ2v) is 6.20. The molecule has 0 heterocycles. The first-order valence-corrected chi connectivity index (χ1v) is 8.09. The van der Waals surface area contributed by atoms with Crippen molar-refractivity contribution in [2.45, 2.75) is 45.7 Å². The van der Waals surface area contributed by atoms with Gasteiger partial charge in [0.15, 0.2) is 0 Å². The number of rotatable bonds is 8. The van der Waals surface area contributed by atoms with E-state index < -0.39 is 5.97 Å². The van der Waals surface area contributed by atoms with Gasteiger partial charge >= 0.3 is 5.97 Å². The Morgan fingerprint density at radius 2 is 1.70 bits per heavy atom. The minimum absolute atomic E-state index is 0.161. The molecule has 2 N–H and O–H groups in total. The normalized spacial score (nSPS) is 12.1. The highest BCUT2D eigenvalue weighted by molar-refractivity contribution is 5.66. The molecule has 2 aromatic carbocycles. The fraction of sp³-hybridized carbons (Fsp3) is 0.350. The highest BCUT2D eigenvalue weighted by Gasteiger charge is 2.11. The van der Waals surface area contributed by atoms with Gasteiger partial charge in [-0.2, -0.15) is 0 Å². The summed E-state index contributed by atoms with van der Waals surface area (Å²) in [6, 6.07) is 16.9. The summed E-state index contributed by atoms with van der Waals surface area (Å²) in [5.41, 5.74) is 4.99. The minimum Gasteiger partial charge on any atom is -0.481 e. The quantitative estimate of drug-likeness (QED) is 0.778. The van der Waals surface area contributed by atoms with Crippen molar-refractivity contribution in [3.05, 3.63) is 70.8 Å². The van der Waals surface area contributed by atoms with Gasteiger partial charge in [-0.25, -0.2) is 0 Å². The van der Waals surface area contributed by atoms with Crippen LogP contribution in [0.4, 0.5) is 0 Å². The molecule has 122 valence electrons. The van der Waals surface area contributed by atoms with E-state index in [1.165, 1.54) is 22.3 Å². The number of benzene rings is 2. The second-order valence-electron chi connectivity index (χ2n) is 6.20. The first-order chi connectivity index (χ1) is 11.0. The van der Waals surface area contributed by atoms with E-state index in [0.717, 1.165) is 13.0 Å². The molecular formula is C20H25NO2. The maximum absolute atomic E-state index is 10.9. The summed E-state index contributed by atoms with van der Waals surface area (Å²) < 4.78 is 0. The van der Waals surface area contributed by atoms with Crippen LogP contribution in [0, 0.1) is 13.8 Å². The third-order valence-electron chi connectivity index (χ3n) is 3.91. The number of carbonyl (C=O) groups is 1. The van der Waals surface area contributed by atoms with E-state index >= 15 is 0 Å². The Morgan fingerprint density at radius 3 is 2.30 bits per heavy atom. The van der Waals surface area contributed by atoms with Gasteiger partial charge in [0.25, 0.3) is 0 Å². The van der Waals surface area contributed by atoms with Gasteiger partial charge in [-0.05, 0) is 37.8 Å². The standard InChI is InChI=1S/C20H25NO2/c1-15-10-16(2)12-18(11-15)14-21-19(8-9-20(22)23)13-17-6-4-3-5-7-17/h3-7,10-12,19,21H,8-9,13-14H2,1-2H3,(H,22,23). The molecule has 0 fully saturated rings. The fourth-order valence-electron chi connectivity index (χ4n) is 2.91. The van der Waals surface area contributed by atoms with Crippen LogP contribution in [0.5, 0.6) is 0 Å². The Balaban J connectivity index is 1.99. The van der Waals surface area contributed by atoms with Gasteiger partial charge in [-0.3, -0.25) is 4.79 Å². The topological polar surface area (TPSA) is 49.3 Å². The molecule has 2 rings (SSSR count). The van der Waals surface area contributed by atoms with E-state index in [4.69, 9.17) is 5.11 Å². The number of aryl methyl sites for hydroxylation is 2. The number of nitrogens with one attached hydrogen (secondary N) is 1. The summed E-state index contributed by atoms with van der Waals surface area (Å²) in [4.78, 5) is 10.9. The largest absolute Gasteiger partial charge is 0.481 e. The number of hydrogen-bond donors (Lipinski definition) is 2. The Hall–Kier alpha value is -2.13. The van der Waals surface area contributed by atoms with Crippen molar-refractivity contribution in [2.75, 3.05) is 0 Å². The highest BCUT2D eigenvalue weighted by Crippen LogP contribution is 2.12. The van der Waals surface area contributed by atoms with E-state index in [1.807, 2.05) is 18.2 Å². The van der Waals surface area contributed by atoms with Crippen molar-refractivity contribution in [3.63, 3.8) is 0 Å². The number of carboxylic acids is 1. The van der Waals surface area contributed by atoms with Gasteiger partial charge in [-0.1, -0.05) is 59.7 Å². The maximum Gasteiger partial charge on any atom is 0.303 e. The molecular weight excluding hydrogens is 286 g/mol. The van der Waals surface area contributed by atoms with E-state index in [9.17, 15) is 4.79 Å². The lowest BCUT2D eigenvalue weighted by atomic mass is 10.0. The molecule has 3 heteroatoms. The zero-order valence-electron chi connectivity index (χ0n) is 13.9. The average Bonchev–Trinajstić information content (AvgIpc) is 2.50. The molecule has 23 heavy (non-hydrogen) atoms. The molecule has 0 spiro atoms. The second kappa shape index (κ2) is 8.49. The molecule has 3 nitrogen and oxygen atoms in total.